The largest absolute Gasteiger partial charge is 0.312 e. The third kappa shape index (κ3) is 6.09. The summed E-state index contributed by atoms with van der Waals surface area (Å²) in [4.78, 5) is 0. The van der Waals surface area contributed by atoms with E-state index in [1.807, 2.05) is 18.2 Å². The van der Waals surface area contributed by atoms with E-state index in [1.54, 1.807) is 0 Å². The molecule has 0 saturated heterocycles. The maximum atomic E-state index is 5.95. The van der Waals surface area contributed by atoms with Crippen molar-refractivity contribution in [3.63, 3.8) is 0 Å². The molecule has 0 saturated carbocycles. The van der Waals surface area contributed by atoms with Crippen molar-refractivity contribution < 1.29 is 0 Å². The predicted octanol–water partition coefficient (Wildman–Crippen LogP) is 4.65. The normalized spacial score (nSPS) is 12.6. The van der Waals surface area contributed by atoms with Gasteiger partial charge in [0.05, 0.1) is 0 Å². The van der Waals surface area contributed by atoms with E-state index in [4.69, 9.17) is 11.6 Å². The molecule has 0 aliphatic rings. The molecule has 0 amide bonds. The molecule has 2 heteroatoms. The van der Waals surface area contributed by atoms with Gasteiger partial charge in [0.25, 0.3) is 0 Å². The summed E-state index contributed by atoms with van der Waals surface area (Å²) < 4.78 is 0. The lowest BCUT2D eigenvalue weighted by Crippen LogP contribution is -2.22. The minimum Gasteiger partial charge on any atom is -0.312 e. The van der Waals surface area contributed by atoms with Crippen molar-refractivity contribution >= 4 is 11.6 Å². The minimum absolute atomic E-state index is 0.814. The maximum Gasteiger partial charge on any atom is 0.0409 e. The predicted molar refractivity (Wildman–Crippen MR) is 76.5 cm³/mol. The Bertz CT molecular complexity index is 312. The molecule has 0 aliphatic heterocycles. The summed E-state index contributed by atoms with van der Waals surface area (Å²) in [5.74, 6) is 0.814. The van der Waals surface area contributed by atoms with Gasteiger partial charge in [-0.1, -0.05) is 56.8 Å². The molecular weight excluding hydrogens is 230 g/mol. The molecule has 1 rings (SSSR count). The van der Waals surface area contributed by atoms with Gasteiger partial charge in [-0.15, -0.1) is 0 Å². The zero-order valence-electron chi connectivity index (χ0n) is 11.0. The van der Waals surface area contributed by atoms with Crippen LogP contribution in [0.25, 0.3) is 0 Å². The smallest absolute Gasteiger partial charge is 0.0409 e. The molecule has 0 spiro atoms. The van der Waals surface area contributed by atoms with E-state index in [9.17, 15) is 0 Å². The Labute approximate surface area is 111 Å². The molecule has 0 aromatic heterocycles. The highest BCUT2D eigenvalue weighted by Crippen LogP contribution is 2.13. The fourth-order valence-electron chi connectivity index (χ4n) is 2.01. The first-order chi connectivity index (χ1) is 8.26. The number of benzene rings is 1. The van der Waals surface area contributed by atoms with Crippen LogP contribution in [0.4, 0.5) is 0 Å². The number of rotatable bonds is 8. The van der Waals surface area contributed by atoms with Crippen LogP contribution in [-0.4, -0.2) is 6.54 Å². The number of nitrogens with one attached hydrogen (secondary N) is 1. The van der Waals surface area contributed by atoms with Gasteiger partial charge >= 0.3 is 0 Å². The third-order valence-electron chi connectivity index (χ3n) is 3.19. The lowest BCUT2D eigenvalue weighted by atomic mass is 9.99. The Hall–Kier alpha value is -0.530. The van der Waals surface area contributed by atoms with Crippen LogP contribution in [0.2, 0.25) is 5.02 Å². The molecule has 96 valence electrons. The highest BCUT2D eigenvalue weighted by Gasteiger charge is 2.04. The van der Waals surface area contributed by atoms with Gasteiger partial charge in [-0.2, -0.15) is 0 Å². The van der Waals surface area contributed by atoms with Crippen molar-refractivity contribution in [2.75, 3.05) is 6.54 Å². The van der Waals surface area contributed by atoms with Crippen LogP contribution < -0.4 is 5.32 Å². The second-order valence-electron chi connectivity index (χ2n) is 4.68. The van der Waals surface area contributed by atoms with Crippen molar-refractivity contribution in [3.05, 3.63) is 34.9 Å². The van der Waals surface area contributed by atoms with Crippen LogP contribution in [0, 0.1) is 5.92 Å². The Kier molecular flexibility index (Phi) is 7.30. The third-order valence-corrected chi connectivity index (χ3v) is 3.43. The Balaban J connectivity index is 2.26. The second kappa shape index (κ2) is 8.54. The number of unbranched alkanes of at least 4 members (excludes halogenated alkanes) is 1. The SMILES string of the molecule is CCCCC(CC)CNCc1cccc(Cl)c1. The van der Waals surface area contributed by atoms with E-state index in [0.29, 0.717) is 0 Å². The van der Waals surface area contributed by atoms with Crippen LogP contribution in [0.15, 0.2) is 24.3 Å². The minimum atomic E-state index is 0.814. The van der Waals surface area contributed by atoms with Gasteiger partial charge in [-0.05, 0) is 36.6 Å². The molecule has 0 fully saturated rings. The molecule has 1 aromatic rings. The van der Waals surface area contributed by atoms with Crippen LogP contribution in [0.3, 0.4) is 0 Å². The average Bonchev–Trinajstić information content (AvgIpc) is 2.33. The van der Waals surface area contributed by atoms with Gasteiger partial charge < -0.3 is 5.32 Å². The van der Waals surface area contributed by atoms with Crippen molar-refractivity contribution in [1.82, 2.24) is 5.32 Å². The maximum absolute atomic E-state index is 5.95. The highest BCUT2D eigenvalue weighted by atomic mass is 35.5. The van der Waals surface area contributed by atoms with Gasteiger partial charge in [0.15, 0.2) is 0 Å². The zero-order chi connectivity index (χ0) is 12.5. The van der Waals surface area contributed by atoms with Crippen molar-refractivity contribution in [2.24, 2.45) is 5.92 Å². The quantitative estimate of drug-likeness (QED) is 0.711. The first kappa shape index (κ1) is 14.5. The van der Waals surface area contributed by atoms with Crippen molar-refractivity contribution in [1.29, 1.82) is 0 Å². The monoisotopic (exact) mass is 253 g/mol. The summed E-state index contributed by atoms with van der Waals surface area (Å²) in [6, 6.07) is 8.07. The molecule has 1 unspecified atom stereocenters. The second-order valence-corrected chi connectivity index (χ2v) is 5.11. The molecule has 1 N–H and O–H groups in total. The summed E-state index contributed by atoms with van der Waals surface area (Å²) in [5, 5.41) is 4.35. The zero-order valence-corrected chi connectivity index (χ0v) is 11.8. The van der Waals surface area contributed by atoms with Crippen LogP contribution in [-0.2, 0) is 6.54 Å². The Morgan fingerprint density at radius 3 is 2.76 bits per heavy atom. The average molecular weight is 254 g/mol. The fourth-order valence-corrected chi connectivity index (χ4v) is 2.22. The summed E-state index contributed by atoms with van der Waals surface area (Å²) in [6.07, 6.45) is 5.25. The number of hydrogen-bond donors (Lipinski definition) is 1. The van der Waals surface area contributed by atoms with Crippen molar-refractivity contribution in [2.45, 2.75) is 46.1 Å². The molecule has 1 nitrogen and oxygen atoms in total. The van der Waals surface area contributed by atoms with E-state index in [2.05, 4.69) is 25.2 Å². The lowest BCUT2D eigenvalue weighted by Gasteiger charge is -2.15. The van der Waals surface area contributed by atoms with E-state index >= 15 is 0 Å². The first-order valence-electron chi connectivity index (χ1n) is 6.71. The molecule has 1 atom stereocenters. The Morgan fingerprint density at radius 1 is 1.29 bits per heavy atom. The van der Waals surface area contributed by atoms with Crippen molar-refractivity contribution in [3.8, 4) is 0 Å². The molecule has 0 heterocycles. The molecular formula is C15H24ClN. The van der Waals surface area contributed by atoms with Crippen LogP contribution >= 0.6 is 11.6 Å². The van der Waals surface area contributed by atoms with Gasteiger partial charge in [-0.3, -0.25) is 0 Å². The fraction of sp³-hybridized carbons (Fsp3) is 0.600. The highest BCUT2D eigenvalue weighted by molar-refractivity contribution is 6.30. The van der Waals surface area contributed by atoms with E-state index < -0.39 is 0 Å². The van der Waals surface area contributed by atoms with Crippen LogP contribution in [0.1, 0.15) is 45.1 Å². The van der Waals surface area contributed by atoms with E-state index in [0.717, 1.165) is 24.0 Å². The standard InChI is InChI=1S/C15H24ClN/c1-3-5-7-13(4-2)11-17-12-14-8-6-9-15(16)10-14/h6,8-10,13,17H,3-5,7,11-12H2,1-2H3. The molecule has 0 radical (unpaired) electrons. The topological polar surface area (TPSA) is 12.0 Å². The number of hydrogen-bond acceptors (Lipinski definition) is 1. The first-order valence-corrected chi connectivity index (χ1v) is 7.09. The summed E-state index contributed by atoms with van der Waals surface area (Å²) in [6.45, 7) is 6.57. The van der Waals surface area contributed by atoms with Gasteiger partial charge in [0.2, 0.25) is 0 Å². The summed E-state index contributed by atoms with van der Waals surface area (Å²) >= 11 is 5.95. The molecule has 0 bridgehead atoms. The molecule has 0 aliphatic carbocycles. The van der Waals surface area contributed by atoms with E-state index in [1.165, 1.54) is 31.2 Å². The summed E-state index contributed by atoms with van der Waals surface area (Å²) in [5.41, 5.74) is 1.27. The van der Waals surface area contributed by atoms with Gasteiger partial charge in [0, 0.05) is 11.6 Å². The number of halogens is 1. The lowest BCUT2D eigenvalue weighted by molar-refractivity contribution is 0.419. The van der Waals surface area contributed by atoms with Crippen LogP contribution in [0.5, 0.6) is 0 Å². The van der Waals surface area contributed by atoms with Gasteiger partial charge in [-0.25, -0.2) is 0 Å². The molecule has 17 heavy (non-hydrogen) atoms. The molecule has 1 aromatic carbocycles. The Morgan fingerprint density at radius 2 is 2.12 bits per heavy atom. The summed E-state index contributed by atoms with van der Waals surface area (Å²) in [7, 11) is 0. The van der Waals surface area contributed by atoms with Gasteiger partial charge in [0.1, 0.15) is 0 Å². The van der Waals surface area contributed by atoms with E-state index in [-0.39, 0.29) is 0 Å².